The third kappa shape index (κ3) is 1.35. The Morgan fingerprint density at radius 1 is 1.38 bits per heavy atom. The highest BCUT2D eigenvalue weighted by Crippen LogP contribution is 2.18. The quantitative estimate of drug-likeness (QED) is 0.714. The summed E-state index contributed by atoms with van der Waals surface area (Å²) in [5.74, 6) is 0.892. The van der Waals surface area contributed by atoms with Gasteiger partial charge < -0.3 is 4.98 Å². The van der Waals surface area contributed by atoms with Crippen LogP contribution in [0.3, 0.4) is 0 Å². The SMILES string of the molecule is Cc1cnc(-c2cn(C)nc2C)[nH]1. The molecule has 0 fully saturated rings. The van der Waals surface area contributed by atoms with Crippen LogP contribution in [-0.2, 0) is 7.05 Å². The lowest BCUT2D eigenvalue weighted by molar-refractivity contribution is 0.756. The average Bonchev–Trinajstić information content (AvgIpc) is 2.58. The summed E-state index contributed by atoms with van der Waals surface area (Å²) >= 11 is 0. The van der Waals surface area contributed by atoms with Crippen LogP contribution >= 0.6 is 0 Å². The van der Waals surface area contributed by atoms with Gasteiger partial charge in [-0.15, -0.1) is 0 Å². The molecule has 0 aliphatic heterocycles. The highest BCUT2D eigenvalue weighted by Gasteiger charge is 2.07. The molecule has 0 saturated carbocycles. The van der Waals surface area contributed by atoms with Gasteiger partial charge in [-0.2, -0.15) is 5.10 Å². The molecule has 1 N–H and O–H groups in total. The van der Waals surface area contributed by atoms with Crippen LogP contribution in [0.4, 0.5) is 0 Å². The number of imidazole rings is 1. The highest BCUT2D eigenvalue weighted by molar-refractivity contribution is 5.56. The van der Waals surface area contributed by atoms with Crippen molar-refractivity contribution >= 4 is 0 Å². The molecule has 2 aromatic rings. The first-order valence-electron chi connectivity index (χ1n) is 4.19. The molecule has 13 heavy (non-hydrogen) atoms. The Labute approximate surface area is 76.6 Å². The molecule has 2 rings (SSSR count). The molecular formula is C9H12N4. The molecule has 2 aromatic heterocycles. The largest absolute Gasteiger partial charge is 0.342 e. The van der Waals surface area contributed by atoms with Crippen molar-refractivity contribution in [3.63, 3.8) is 0 Å². The van der Waals surface area contributed by atoms with E-state index in [1.807, 2.05) is 33.3 Å². The van der Waals surface area contributed by atoms with E-state index in [0.29, 0.717) is 0 Å². The molecule has 0 bridgehead atoms. The number of hydrogen-bond acceptors (Lipinski definition) is 2. The van der Waals surface area contributed by atoms with Gasteiger partial charge >= 0.3 is 0 Å². The topological polar surface area (TPSA) is 46.5 Å². The second-order valence-corrected chi connectivity index (χ2v) is 3.22. The van der Waals surface area contributed by atoms with E-state index in [2.05, 4.69) is 15.1 Å². The molecule has 4 nitrogen and oxygen atoms in total. The maximum atomic E-state index is 4.25. The number of aromatic nitrogens is 4. The van der Waals surface area contributed by atoms with Gasteiger partial charge in [0.1, 0.15) is 5.82 Å². The van der Waals surface area contributed by atoms with Gasteiger partial charge in [-0.3, -0.25) is 4.68 Å². The van der Waals surface area contributed by atoms with E-state index >= 15 is 0 Å². The summed E-state index contributed by atoms with van der Waals surface area (Å²) < 4.78 is 1.79. The van der Waals surface area contributed by atoms with Crippen molar-refractivity contribution < 1.29 is 0 Å². The standard InChI is InChI=1S/C9H12N4/c1-6-4-10-9(11-6)8-5-13(3)12-7(8)2/h4-5H,1-3H3,(H,10,11). The molecule has 0 atom stereocenters. The molecule has 0 spiro atoms. The van der Waals surface area contributed by atoms with Crippen molar-refractivity contribution in [2.45, 2.75) is 13.8 Å². The Hall–Kier alpha value is -1.58. The second-order valence-electron chi connectivity index (χ2n) is 3.22. The molecule has 0 aromatic carbocycles. The number of rotatable bonds is 1. The first kappa shape index (κ1) is 8.04. The zero-order chi connectivity index (χ0) is 9.42. The number of hydrogen-bond donors (Lipinski definition) is 1. The Morgan fingerprint density at radius 2 is 2.15 bits per heavy atom. The van der Waals surface area contributed by atoms with E-state index in [0.717, 1.165) is 22.8 Å². The molecular weight excluding hydrogens is 164 g/mol. The van der Waals surface area contributed by atoms with Gasteiger partial charge in [0.15, 0.2) is 0 Å². The van der Waals surface area contributed by atoms with Gasteiger partial charge in [0.25, 0.3) is 0 Å². The molecule has 0 radical (unpaired) electrons. The van der Waals surface area contributed by atoms with Crippen LogP contribution < -0.4 is 0 Å². The number of nitrogens with zero attached hydrogens (tertiary/aromatic N) is 3. The summed E-state index contributed by atoms with van der Waals surface area (Å²) in [4.78, 5) is 7.43. The summed E-state index contributed by atoms with van der Waals surface area (Å²) in [7, 11) is 1.91. The summed E-state index contributed by atoms with van der Waals surface area (Å²) in [6.45, 7) is 3.97. The fourth-order valence-electron chi connectivity index (χ4n) is 1.38. The summed E-state index contributed by atoms with van der Waals surface area (Å²) in [6.07, 6.45) is 3.79. The van der Waals surface area contributed by atoms with E-state index in [-0.39, 0.29) is 0 Å². The first-order valence-corrected chi connectivity index (χ1v) is 4.19. The van der Waals surface area contributed by atoms with E-state index in [1.165, 1.54) is 0 Å². The Balaban J connectivity index is 2.51. The molecule has 68 valence electrons. The van der Waals surface area contributed by atoms with Gasteiger partial charge in [-0.25, -0.2) is 4.98 Å². The Kier molecular flexibility index (Phi) is 1.69. The predicted molar refractivity (Wildman–Crippen MR) is 50.3 cm³/mol. The number of H-pyrrole nitrogens is 1. The predicted octanol–water partition coefficient (Wildman–Crippen LogP) is 1.43. The van der Waals surface area contributed by atoms with E-state index < -0.39 is 0 Å². The van der Waals surface area contributed by atoms with Gasteiger partial charge in [0, 0.05) is 25.1 Å². The number of aromatic amines is 1. The summed E-state index contributed by atoms with van der Waals surface area (Å²) in [5.41, 5.74) is 3.13. The maximum absolute atomic E-state index is 4.25. The van der Waals surface area contributed by atoms with Gasteiger partial charge in [-0.05, 0) is 13.8 Å². The number of aryl methyl sites for hydroxylation is 3. The molecule has 2 heterocycles. The zero-order valence-electron chi connectivity index (χ0n) is 8.00. The normalized spacial score (nSPS) is 10.7. The van der Waals surface area contributed by atoms with Crippen LogP contribution in [0.25, 0.3) is 11.4 Å². The van der Waals surface area contributed by atoms with Gasteiger partial charge in [0.05, 0.1) is 11.3 Å². The lowest BCUT2D eigenvalue weighted by Crippen LogP contribution is -1.86. The van der Waals surface area contributed by atoms with Crippen molar-refractivity contribution in [2.75, 3.05) is 0 Å². The van der Waals surface area contributed by atoms with Crippen molar-refractivity contribution in [3.8, 4) is 11.4 Å². The fraction of sp³-hybridized carbons (Fsp3) is 0.333. The lowest BCUT2D eigenvalue weighted by atomic mass is 10.2. The van der Waals surface area contributed by atoms with E-state index in [9.17, 15) is 0 Å². The Bertz CT molecular complexity index is 425. The van der Waals surface area contributed by atoms with Crippen LogP contribution in [0.15, 0.2) is 12.4 Å². The zero-order valence-corrected chi connectivity index (χ0v) is 8.00. The minimum atomic E-state index is 0.892. The minimum Gasteiger partial charge on any atom is -0.342 e. The molecule has 4 heteroatoms. The molecule has 0 aliphatic carbocycles. The minimum absolute atomic E-state index is 0.892. The monoisotopic (exact) mass is 176 g/mol. The smallest absolute Gasteiger partial charge is 0.140 e. The molecule has 0 unspecified atom stereocenters. The van der Waals surface area contributed by atoms with Gasteiger partial charge in [0.2, 0.25) is 0 Å². The van der Waals surface area contributed by atoms with Crippen LogP contribution in [0.5, 0.6) is 0 Å². The van der Waals surface area contributed by atoms with Crippen LogP contribution in [-0.4, -0.2) is 19.7 Å². The molecule has 0 aliphatic rings. The van der Waals surface area contributed by atoms with Crippen LogP contribution in [0.2, 0.25) is 0 Å². The van der Waals surface area contributed by atoms with E-state index in [1.54, 1.807) is 4.68 Å². The summed E-state index contributed by atoms with van der Waals surface area (Å²) in [6, 6.07) is 0. The third-order valence-corrected chi connectivity index (χ3v) is 1.97. The molecule has 0 saturated heterocycles. The van der Waals surface area contributed by atoms with Gasteiger partial charge in [-0.1, -0.05) is 0 Å². The Morgan fingerprint density at radius 3 is 2.62 bits per heavy atom. The fourth-order valence-corrected chi connectivity index (χ4v) is 1.38. The van der Waals surface area contributed by atoms with Crippen molar-refractivity contribution in [1.29, 1.82) is 0 Å². The van der Waals surface area contributed by atoms with Crippen molar-refractivity contribution in [1.82, 2.24) is 19.7 Å². The van der Waals surface area contributed by atoms with Crippen molar-refractivity contribution in [2.24, 2.45) is 7.05 Å². The number of nitrogens with one attached hydrogen (secondary N) is 1. The van der Waals surface area contributed by atoms with Crippen molar-refractivity contribution in [3.05, 3.63) is 23.8 Å². The maximum Gasteiger partial charge on any atom is 0.140 e. The van der Waals surface area contributed by atoms with E-state index in [4.69, 9.17) is 0 Å². The second kappa shape index (κ2) is 2.73. The van der Waals surface area contributed by atoms with Crippen LogP contribution in [0, 0.1) is 13.8 Å². The average molecular weight is 176 g/mol. The summed E-state index contributed by atoms with van der Waals surface area (Å²) in [5, 5.41) is 4.25. The lowest BCUT2D eigenvalue weighted by Gasteiger charge is -1.90. The third-order valence-electron chi connectivity index (χ3n) is 1.97. The first-order chi connectivity index (χ1) is 6.16. The van der Waals surface area contributed by atoms with Crippen LogP contribution in [0.1, 0.15) is 11.4 Å². The highest BCUT2D eigenvalue weighted by atomic mass is 15.3. The molecule has 0 amide bonds.